The van der Waals surface area contributed by atoms with Gasteiger partial charge in [-0.15, -0.1) is 0 Å². The van der Waals surface area contributed by atoms with Crippen LogP contribution in [0.4, 0.5) is 0 Å². The van der Waals surface area contributed by atoms with Crippen molar-refractivity contribution < 1.29 is 9.59 Å². The van der Waals surface area contributed by atoms with E-state index in [1.165, 1.54) is 11.8 Å². The summed E-state index contributed by atoms with van der Waals surface area (Å²) in [6.45, 7) is 7.03. The maximum absolute atomic E-state index is 12.9. The van der Waals surface area contributed by atoms with Crippen molar-refractivity contribution in [3.63, 3.8) is 0 Å². The normalized spacial score (nSPS) is 15.2. The van der Waals surface area contributed by atoms with Crippen LogP contribution in [0.5, 0.6) is 0 Å². The molecule has 0 saturated carbocycles. The van der Waals surface area contributed by atoms with E-state index in [0.717, 1.165) is 16.8 Å². The van der Waals surface area contributed by atoms with Crippen molar-refractivity contribution in [2.45, 2.75) is 27.3 Å². The number of amidine groups is 1. The molecule has 158 valence electrons. The van der Waals surface area contributed by atoms with Crippen LogP contribution in [-0.4, -0.2) is 44.0 Å². The highest BCUT2D eigenvalue weighted by atomic mass is 32.2. The standard InChI is InChI=1S/C22H27N5O2S/c1-15(2)12-27-21(29)19(10-18-13-26(4)25-16(18)3)24-22(27)30-14-20(28)23-11-17-8-6-5-7-9-17/h5-10,13,15H,11-12,14H2,1-4H3,(H,23,28). The van der Waals surface area contributed by atoms with Gasteiger partial charge in [-0.2, -0.15) is 5.10 Å². The molecule has 1 aliphatic rings. The first-order valence-corrected chi connectivity index (χ1v) is 10.9. The van der Waals surface area contributed by atoms with Gasteiger partial charge in [0.2, 0.25) is 5.91 Å². The van der Waals surface area contributed by atoms with E-state index in [0.29, 0.717) is 24.0 Å². The lowest BCUT2D eigenvalue weighted by atomic mass is 10.2. The van der Waals surface area contributed by atoms with E-state index in [9.17, 15) is 9.59 Å². The van der Waals surface area contributed by atoms with Gasteiger partial charge in [-0.05, 0) is 24.5 Å². The Morgan fingerprint density at radius 2 is 2.00 bits per heavy atom. The second-order valence-corrected chi connectivity index (χ2v) is 8.57. The first-order chi connectivity index (χ1) is 14.3. The van der Waals surface area contributed by atoms with Crippen LogP contribution < -0.4 is 5.32 Å². The highest BCUT2D eigenvalue weighted by molar-refractivity contribution is 8.14. The zero-order chi connectivity index (χ0) is 21.7. The smallest absolute Gasteiger partial charge is 0.278 e. The third-order valence-electron chi connectivity index (χ3n) is 4.47. The number of hydrogen-bond acceptors (Lipinski definition) is 5. The number of thioether (sulfide) groups is 1. The Morgan fingerprint density at radius 3 is 2.63 bits per heavy atom. The number of rotatable bonds is 7. The van der Waals surface area contributed by atoms with Gasteiger partial charge in [0, 0.05) is 31.9 Å². The lowest BCUT2D eigenvalue weighted by Crippen LogP contribution is -2.35. The number of carbonyl (C=O) groups is 2. The second kappa shape index (κ2) is 9.75. The first-order valence-electron chi connectivity index (χ1n) is 9.89. The number of hydrogen-bond donors (Lipinski definition) is 1. The molecular weight excluding hydrogens is 398 g/mol. The number of nitrogens with zero attached hydrogens (tertiary/aromatic N) is 4. The summed E-state index contributed by atoms with van der Waals surface area (Å²) in [7, 11) is 1.84. The zero-order valence-electron chi connectivity index (χ0n) is 17.8. The quantitative estimate of drug-likeness (QED) is 0.692. The van der Waals surface area contributed by atoms with Crippen LogP contribution in [0.3, 0.4) is 0 Å². The summed E-state index contributed by atoms with van der Waals surface area (Å²) >= 11 is 1.29. The van der Waals surface area contributed by atoms with Crippen molar-refractivity contribution in [3.8, 4) is 0 Å². The monoisotopic (exact) mass is 425 g/mol. The number of aliphatic imine (C=N–C) groups is 1. The SMILES string of the molecule is Cc1nn(C)cc1C=C1N=C(SCC(=O)NCc2ccccc2)N(CC(C)C)C1=O. The summed E-state index contributed by atoms with van der Waals surface area (Å²) in [5, 5.41) is 7.78. The molecule has 2 amide bonds. The van der Waals surface area contributed by atoms with Gasteiger partial charge in [-0.1, -0.05) is 55.9 Å². The lowest BCUT2D eigenvalue weighted by Gasteiger charge is -2.19. The van der Waals surface area contributed by atoms with Crippen molar-refractivity contribution in [1.82, 2.24) is 20.0 Å². The number of aromatic nitrogens is 2. The molecule has 3 rings (SSSR count). The Kier molecular flexibility index (Phi) is 7.10. The molecule has 0 bridgehead atoms. The largest absolute Gasteiger partial charge is 0.351 e. The first kappa shape index (κ1) is 21.8. The fourth-order valence-electron chi connectivity index (χ4n) is 3.05. The summed E-state index contributed by atoms with van der Waals surface area (Å²) in [6, 6.07) is 9.76. The summed E-state index contributed by atoms with van der Waals surface area (Å²) in [5.41, 5.74) is 3.12. The summed E-state index contributed by atoms with van der Waals surface area (Å²) in [6.07, 6.45) is 3.63. The van der Waals surface area contributed by atoms with E-state index in [1.54, 1.807) is 15.7 Å². The van der Waals surface area contributed by atoms with Crippen LogP contribution in [0.1, 0.15) is 30.7 Å². The van der Waals surface area contributed by atoms with Gasteiger partial charge in [-0.25, -0.2) is 4.99 Å². The Balaban J connectivity index is 1.68. The van der Waals surface area contributed by atoms with E-state index in [-0.39, 0.29) is 23.5 Å². The zero-order valence-corrected chi connectivity index (χ0v) is 18.6. The summed E-state index contributed by atoms with van der Waals surface area (Å²) < 4.78 is 1.71. The molecule has 2 heterocycles. The number of carbonyl (C=O) groups excluding carboxylic acids is 2. The number of nitrogens with one attached hydrogen (secondary N) is 1. The van der Waals surface area contributed by atoms with Gasteiger partial charge in [0.15, 0.2) is 5.17 Å². The van der Waals surface area contributed by atoms with Crippen molar-refractivity contribution >= 4 is 34.8 Å². The predicted octanol–water partition coefficient (Wildman–Crippen LogP) is 2.97. The maximum atomic E-state index is 12.9. The Bertz CT molecular complexity index is 979. The molecule has 0 fully saturated rings. The highest BCUT2D eigenvalue weighted by Crippen LogP contribution is 2.25. The third kappa shape index (κ3) is 5.60. The Hall–Kier alpha value is -2.87. The number of aryl methyl sites for hydroxylation is 2. The summed E-state index contributed by atoms with van der Waals surface area (Å²) in [5.74, 6) is 0.251. The number of benzene rings is 1. The predicted molar refractivity (Wildman–Crippen MR) is 121 cm³/mol. The van der Waals surface area contributed by atoms with Crippen LogP contribution in [0, 0.1) is 12.8 Å². The molecule has 0 aliphatic carbocycles. The van der Waals surface area contributed by atoms with E-state index < -0.39 is 0 Å². The van der Waals surface area contributed by atoms with Gasteiger partial charge in [0.05, 0.1) is 11.4 Å². The Labute approximate surface area is 181 Å². The van der Waals surface area contributed by atoms with Gasteiger partial charge in [0.1, 0.15) is 5.70 Å². The molecule has 8 heteroatoms. The molecule has 0 saturated heterocycles. The minimum atomic E-state index is -0.140. The van der Waals surface area contributed by atoms with Gasteiger partial charge in [-0.3, -0.25) is 19.2 Å². The fraction of sp³-hybridized carbons (Fsp3) is 0.364. The highest BCUT2D eigenvalue weighted by Gasteiger charge is 2.31. The molecule has 1 aromatic carbocycles. The van der Waals surface area contributed by atoms with Crippen LogP contribution >= 0.6 is 11.8 Å². The Morgan fingerprint density at radius 1 is 1.27 bits per heavy atom. The minimum absolute atomic E-state index is 0.0935. The van der Waals surface area contributed by atoms with E-state index in [1.807, 2.05) is 50.5 Å². The number of amides is 2. The molecule has 1 aromatic heterocycles. The van der Waals surface area contributed by atoms with Gasteiger partial charge >= 0.3 is 0 Å². The van der Waals surface area contributed by atoms with Crippen molar-refractivity contribution in [2.75, 3.05) is 12.3 Å². The molecule has 7 nitrogen and oxygen atoms in total. The summed E-state index contributed by atoms with van der Waals surface area (Å²) in [4.78, 5) is 31.4. The van der Waals surface area contributed by atoms with Crippen molar-refractivity contribution in [3.05, 3.63) is 59.0 Å². The third-order valence-corrected chi connectivity index (χ3v) is 5.44. The van der Waals surface area contributed by atoms with Gasteiger partial charge in [0.25, 0.3) is 5.91 Å². The van der Waals surface area contributed by atoms with Crippen molar-refractivity contribution in [1.29, 1.82) is 0 Å². The molecule has 0 radical (unpaired) electrons. The molecule has 0 atom stereocenters. The second-order valence-electron chi connectivity index (χ2n) is 7.63. The van der Waals surface area contributed by atoms with E-state index in [2.05, 4.69) is 29.3 Å². The van der Waals surface area contributed by atoms with Crippen LogP contribution in [-0.2, 0) is 23.2 Å². The van der Waals surface area contributed by atoms with E-state index in [4.69, 9.17) is 0 Å². The average Bonchev–Trinajstić information content (AvgIpc) is 3.18. The molecule has 0 spiro atoms. The fourth-order valence-corrected chi connectivity index (χ4v) is 3.89. The van der Waals surface area contributed by atoms with Crippen LogP contribution in [0.2, 0.25) is 0 Å². The molecular formula is C22H27N5O2S. The molecule has 2 aromatic rings. The van der Waals surface area contributed by atoms with Crippen LogP contribution in [0.15, 0.2) is 47.2 Å². The van der Waals surface area contributed by atoms with E-state index >= 15 is 0 Å². The maximum Gasteiger partial charge on any atom is 0.278 e. The lowest BCUT2D eigenvalue weighted by molar-refractivity contribution is -0.123. The van der Waals surface area contributed by atoms with Crippen LogP contribution in [0.25, 0.3) is 6.08 Å². The molecule has 1 N–H and O–H groups in total. The molecule has 0 unspecified atom stereocenters. The topological polar surface area (TPSA) is 79.6 Å². The van der Waals surface area contributed by atoms with Gasteiger partial charge < -0.3 is 5.32 Å². The molecule has 30 heavy (non-hydrogen) atoms. The van der Waals surface area contributed by atoms with Crippen molar-refractivity contribution in [2.24, 2.45) is 18.0 Å². The minimum Gasteiger partial charge on any atom is -0.351 e. The average molecular weight is 426 g/mol. The molecule has 1 aliphatic heterocycles.